The first kappa shape index (κ1) is 27.7. The van der Waals surface area contributed by atoms with Gasteiger partial charge in [-0.25, -0.2) is 32.6 Å². The standard InChI is InChI=1S/C25H22F2N6O4S2.H2S/c1-32(19-4-5-22-20(13-19)29-14-38-22)24(34)21(11-15-9-17(26)12-18(27)10-15)30-25(35)31-39(36,37)33-8-6-16-3-2-7-28-23(16)33;/h2-5,7,9-10,12-14,21H,6,8,11H2,1H3,(H2,30,31,35);1H2/t21-;/m0./s1/i14D;. The van der Waals surface area contributed by atoms with E-state index in [1.807, 2.05) is 4.72 Å². The first-order chi connectivity index (χ1) is 19.0. The molecule has 0 fully saturated rings. The molecule has 15 heteroatoms. The summed E-state index contributed by atoms with van der Waals surface area (Å²) < 4.78 is 65.1. The number of carbonyl (C=O) groups excluding carboxylic acids is 2. The Kier molecular flexibility index (Phi) is 8.14. The Morgan fingerprint density at radius 1 is 1.18 bits per heavy atom. The Morgan fingerprint density at radius 2 is 1.93 bits per heavy atom. The fourth-order valence-electron chi connectivity index (χ4n) is 4.31. The monoisotopic (exact) mass is 607 g/mol. The molecular weight excluding hydrogens is 583 g/mol. The van der Waals surface area contributed by atoms with Crippen molar-refractivity contribution in [2.45, 2.75) is 18.9 Å². The molecular formula is C25H24F2N6O4S3. The van der Waals surface area contributed by atoms with Gasteiger partial charge in [0.25, 0.3) is 0 Å². The van der Waals surface area contributed by atoms with Gasteiger partial charge in [-0.1, -0.05) is 6.07 Å². The molecule has 2 N–H and O–H groups in total. The number of fused-ring (bicyclic) bond motifs is 2. The smallest absolute Gasteiger partial charge is 0.325 e. The maximum Gasteiger partial charge on any atom is 0.330 e. The molecule has 10 nitrogen and oxygen atoms in total. The molecule has 0 saturated carbocycles. The van der Waals surface area contributed by atoms with Gasteiger partial charge in [-0.15, -0.1) is 11.3 Å². The summed E-state index contributed by atoms with van der Waals surface area (Å²) in [4.78, 5) is 35.8. The lowest BCUT2D eigenvalue weighted by atomic mass is 10.0. The van der Waals surface area contributed by atoms with Crippen molar-refractivity contribution in [2.75, 3.05) is 22.8 Å². The molecule has 1 aliphatic rings. The molecule has 1 aliphatic heterocycles. The van der Waals surface area contributed by atoms with Crippen molar-refractivity contribution in [2.24, 2.45) is 0 Å². The van der Waals surface area contributed by atoms with E-state index in [1.165, 1.54) is 18.1 Å². The van der Waals surface area contributed by atoms with Crippen LogP contribution in [0.25, 0.3) is 10.2 Å². The quantitative estimate of drug-likeness (QED) is 0.332. The number of amides is 3. The Balaban J connectivity index is 0.00000387. The summed E-state index contributed by atoms with van der Waals surface area (Å²) in [6, 6.07) is 8.39. The Bertz CT molecular complexity index is 1720. The predicted octanol–water partition coefficient (Wildman–Crippen LogP) is 3.26. The van der Waals surface area contributed by atoms with Gasteiger partial charge in [0.15, 0.2) is 0 Å². The minimum atomic E-state index is -4.39. The summed E-state index contributed by atoms with van der Waals surface area (Å²) in [5.41, 5.74) is 1.74. The number of urea groups is 1. The highest BCUT2D eigenvalue weighted by atomic mass is 32.2. The topological polar surface area (TPSA) is 125 Å². The average molecular weight is 608 g/mol. The summed E-state index contributed by atoms with van der Waals surface area (Å²) >= 11 is 1.16. The zero-order valence-corrected chi connectivity index (χ0v) is 23.5. The summed E-state index contributed by atoms with van der Waals surface area (Å²) in [7, 11) is -2.96. The number of nitrogens with one attached hydrogen (secondary N) is 2. The van der Waals surface area contributed by atoms with Crippen LogP contribution < -0.4 is 19.2 Å². The van der Waals surface area contributed by atoms with Crippen LogP contribution in [0.4, 0.5) is 25.1 Å². The summed E-state index contributed by atoms with van der Waals surface area (Å²) in [6.07, 6.45) is 1.51. The van der Waals surface area contributed by atoms with Crippen LogP contribution in [0.15, 0.2) is 60.2 Å². The summed E-state index contributed by atoms with van der Waals surface area (Å²) in [5, 5.41) is 2.34. The lowest BCUT2D eigenvalue weighted by Crippen LogP contribution is -2.54. The van der Waals surface area contributed by atoms with Crippen molar-refractivity contribution in [3.05, 3.63) is 83.0 Å². The van der Waals surface area contributed by atoms with Crippen molar-refractivity contribution in [3.8, 4) is 0 Å². The molecule has 4 aromatic rings. The van der Waals surface area contributed by atoms with E-state index >= 15 is 0 Å². The van der Waals surface area contributed by atoms with Crippen LogP contribution in [0.1, 0.15) is 12.5 Å². The minimum Gasteiger partial charge on any atom is -0.325 e. The SMILES string of the molecule is S.[2H]c1nc2cc(N(C)C(=O)[C@H](Cc3cc(F)cc(F)c3)NC(=O)NS(=O)(=O)N3CCc4cccnc43)ccc2s1. The van der Waals surface area contributed by atoms with E-state index in [4.69, 9.17) is 1.37 Å². The van der Waals surface area contributed by atoms with Crippen molar-refractivity contribution >= 4 is 68.7 Å². The van der Waals surface area contributed by atoms with Gasteiger partial charge in [-0.2, -0.15) is 21.9 Å². The molecule has 3 amide bonds. The third kappa shape index (κ3) is 6.16. The van der Waals surface area contributed by atoms with Gasteiger partial charge in [0.1, 0.15) is 23.5 Å². The number of benzene rings is 2. The molecule has 3 heterocycles. The normalized spacial score (nSPS) is 13.7. The second-order valence-corrected chi connectivity index (χ2v) is 11.2. The maximum atomic E-state index is 13.9. The van der Waals surface area contributed by atoms with Gasteiger partial charge in [0, 0.05) is 38.0 Å². The highest BCUT2D eigenvalue weighted by molar-refractivity contribution is 7.91. The number of hydrogen-bond acceptors (Lipinski definition) is 7. The van der Waals surface area contributed by atoms with E-state index in [2.05, 4.69) is 15.3 Å². The zero-order valence-electron chi connectivity index (χ0n) is 21.9. The minimum absolute atomic E-state index is 0. The Hall–Kier alpha value is -3.82. The maximum absolute atomic E-state index is 13.9. The van der Waals surface area contributed by atoms with E-state index in [0.717, 1.165) is 32.5 Å². The molecule has 0 aliphatic carbocycles. The number of rotatable bonds is 7. The molecule has 2 aromatic carbocycles. The molecule has 0 bridgehead atoms. The molecule has 40 heavy (non-hydrogen) atoms. The molecule has 0 radical (unpaired) electrons. The largest absolute Gasteiger partial charge is 0.330 e. The number of anilines is 2. The van der Waals surface area contributed by atoms with Crippen LogP contribution in [0.2, 0.25) is 0 Å². The van der Waals surface area contributed by atoms with Gasteiger partial charge in [-0.3, -0.25) is 4.79 Å². The summed E-state index contributed by atoms with van der Waals surface area (Å²) in [5.74, 6) is -2.24. The lowest BCUT2D eigenvalue weighted by molar-refractivity contribution is -0.120. The number of halogens is 2. The Morgan fingerprint density at radius 3 is 2.67 bits per heavy atom. The second-order valence-electron chi connectivity index (χ2n) is 8.78. The van der Waals surface area contributed by atoms with Crippen LogP contribution in [-0.2, 0) is 27.8 Å². The number of pyridine rings is 1. The highest BCUT2D eigenvalue weighted by Gasteiger charge is 2.33. The number of thiazole rings is 1. The highest BCUT2D eigenvalue weighted by Crippen LogP contribution is 2.27. The summed E-state index contributed by atoms with van der Waals surface area (Å²) in [6.45, 7) is 0.0712. The molecule has 0 spiro atoms. The van der Waals surface area contributed by atoms with E-state index in [9.17, 15) is 26.8 Å². The molecule has 5 rings (SSSR count). The van der Waals surface area contributed by atoms with Crippen LogP contribution in [-0.4, -0.2) is 50.0 Å². The fraction of sp³-hybridized carbons (Fsp3) is 0.200. The van der Waals surface area contributed by atoms with Crippen molar-refractivity contribution in [1.82, 2.24) is 20.0 Å². The van der Waals surface area contributed by atoms with Crippen LogP contribution in [0.5, 0.6) is 0 Å². The van der Waals surface area contributed by atoms with Gasteiger partial charge >= 0.3 is 16.2 Å². The van der Waals surface area contributed by atoms with Gasteiger partial charge in [0.2, 0.25) is 5.91 Å². The van der Waals surface area contributed by atoms with Crippen LogP contribution in [0, 0.1) is 11.6 Å². The van der Waals surface area contributed by atoms with Crippen molar-refractivity contribution < 1.29 is 28.2 Å². The third-order valence-electron chi connectivity index (χ3n) is 6.15. The number of hydrogen-bond donors (Lipinski definition) is 2. The number of carbonyl (C=O) groups is 2. The average Bonchev–Trinajstić information content (AvgIpc) is 3.49. The number of aromatic nitrogens is 2. The van der Waals surface area contributed by atoms with Gasteiger partial charge in [0.05, 0.1) is 17.1 Å². The fourth-order valence-corrected chi connectivity index (χ4v) is 6.02. The molecule has 0 unspecified atom stereocenters. The van der Waals surface area contributed by atoms with Gasteiger partial charge in [-0.05, 0) is 53.9 Å². The van der Waals surface area contributed by atoms with E-state index in [-0.39, 0.29) is 43.3 Å². The molecule has 1 atom stereocenters. The van der Waals surface area contributed by atoms with E-state index in [0.29, 0.717) is 29.3 Å². The van der Waals surface area contributed by atoms with Crippen molar-refractivity contribution in [1.29, 1.82) is 0 Å². The van der Waals surface area contributed by atoms with E-state index in [1.54, 1.807) is 30.3 Å². The first-order valence-electron chi connectivity index (χ1n) is 12.1. The number of nitrogens with zero attached hydrogens (tertiary/aromatic N) is 4. The predicted molar refractivity (Wildman–Crippen MR) is 153 cm³/mol. The molecule has 210 valence electrons. The lowest BCUT2D eigenvalue weighted by Gasteiger charge is -2.26. The number of likely N-dealkylation sites (N-methyl/N-ethyl adjacent to an activating group) is 1. The van der Waals surface area contributed by atoms with E-state index < -0.39 is 39.8 Å². The molecule has 0 saturated heterocycles. The zero-order chi connectivity index (χ0) is 28.6. The van der Waals surface area contributed by atoms with Crippen LogP contribution in [0.3, 0.4) is 0 Å². The molecule has 2 aromatic heterocycles. The first-order valence-corrected chi connectivity index (χ1v) is 13.9. The second kappa shape index (κ2) is 11.7. The van der Waals surface area contributed by atoms with Gasteiger partial charge < -0.3 is 10.2 Å². The van der Waals surface area contributed by atoms with Crippen LogP contribution >= 0.6 is 24.8 Å². The van der Waals surface area contributed by atoms with Crippen molar-refractivity contribution in [3.63, 3.8) is 0 Å². The third-order valence-corrected chi connectivity index (χ3v) is 8.27. The Labute approximate surface area is 241 Å².